The van der Waals surface area contributed by atoms with Crippen LogP contribution in [0.4, 0.5) is 0 Å². The van der Waals surface area contributed by atoms with Crippen molar-refractivity contribution in [3.05, 3.63) is 0 Å². The lowest BCUT2D eigenvalue weighted by atomic mass is 9.94. The Labute approximate surface area is 90.2 Å². The predicted octanol–water partition coefficient (Wildman–Crippen LogP) is 1.59. The molecule has 0 aliphatic carbocycles. The molecule has 0 spiro atoms. The van der Waals surface area contributed by atoms with Gasteiger partial charge in [-0.25, -0.2) is 0 Å². The zero-order valence-corrected chi connectivity index (χ0v) is 9.73. The maximum Gasteiger partial charge on any atom is 0.216 e. The summed E-state index contributed by atoms with van der Waals surface area (Å²) in [5, 5.41) is 2.65. The van der Waals surface area contributed by atoms with E-state index in [2.05, 4.69) is 5.32 Å². The Morgan fingerprint density at radius 3 is 2.29 bits per heavy atom. The first-order valence-electron chi connectivity index (χ1n) is 4.80. The lowest BCUT2D eigenvalue weighted by Crippen LogP contribution is -2.32. The van der Waals surface area contributed by atoms with Gasteiger partial charge in [-0.2, -0.15) is 0 Å². The van der Waals surface area contributed by atoms with E-state index in [9.17, 15) is 9.59 Å². The number of Topliss-reactive ketones (excluding diaryl/α,β-unsaturated/α-hetero) is 1. The van der Waals surface area contributed by atoms with Gasteiger partial charge in [-0.05, 0) is 12.3 Å². The SMILES string of the molecule is CC(=O)NCC(CC(C)C)C(=O)CCl. The molecule has 0 aliphatic heterocycles. The van der Waals surface area contributed by atoms with Gasteiger partial charge in [0.2, 0.25) is 5.91 Å². The molecule has 0 saturated heterocycles. The highest BCUT2D eigenvalue weighted by molar-refractivity contribution is 6.27. The average Bonchev–Trinajstić information content (AvgIpc) is 2.10. The molecule has 4 heteroatoms. The zero-order chi connectivity index (χ0) is 11.1. The van der Waals surface area contributed by atoms with Gasteiger partial charge in [0.1, 0.15) is 0 Å². The quantitative estimate of drug-likeness (QED) is 0.690. The topological polar surface area (TPSA) is 46.2 Å². The molecule has 1 N–H and O–H groups in total. The van der Waals surface area contributed by atoms with E-state index < -0.39 is 0 Å². The van der Waals surface area contributed by atoms with E-state index in [-0.39, 0.29) is 23.5 Å². The Balaban J connectivity index is 4.10. The highest BCUT2D eigenvalue weighted by Crippen LogP contribution is 2.12. The molecule has 0 aromatic heterocycles. The van der Waals surface area contributed by atoms with Gasteiger partial charge >= 0.3 is 0 Å². The largest absolute Gasteiger partial charge is 0.356 e. The fraction of sp³-hybridized carbons (Fsp3) is 0.800. The van der Waals surface area contributed by atoms with Crippen LogP contribution in [0.25, 0.3) is 0 Å². The predicted molar refractivity (Wildman–Crippen MR) is 57.4 cm³/mol. The summed E-state index contributed by atoms with van der Waals surface area (Å²) in [6.07, 6.45) is 0.770. The fourth-order valence-corrected chi connectivity index (χ4v) is 1.49. The number of carbonyl (C=O) groups excluding carboxylic acids is 2. The van der Waals surface area contributed by atoms with Crippen molar-refractivity contribution >= 4 is 23.3 Å². The Kier molecular flexibility index (Phi) is 6.54. The van der Waals surface area contributed by atoms with Crippen molar-refractivity contribution in [2.24, 2.45) is 11.8 Å². The van der Waals surface area contributed by atoms with E-state index in [4.69, 9.17) is 11.6 Å². The summed E-state index contributed by atoms with van der Waals surface area (Å²) in [4.78, 5) is 22.1. The molecular weight excluding hydrogens is 202 g/mol. The second kappa shape index (κ2) is 6.82. The van der Waals surface area contributed by atoms with Crippen molar-refractivity contribution in [2.45, 2.75) is 27.2 Å². The minimum atomic E-state index is -0.142. The maximum atomic E-state index is 11.4. The van der Waals surface area contributed by atoms with Gasteiger partial charge in [0.05, 0.1) is 5.88 Å². The van der Waals surface area contributed by atoms with Gasteiger partial charge in [0, 0.05) is 19.4 Å². The molecule has 0 fully saturated rings. The first kappa shape index (κ1) is 13.4. The molecule has 0 saturated carbocycles. The molecule has 0 rings (SSSR count). The summed E-state index contributed by atoms with van der Waals surface area (Å²) in [5.74, 6) is 0.212. The highest BCUT2D eigenvalue weighted by atomic mass is 35.5. The number of hydrogen-bond acceptors (Lipinski definition) is 2. The van der Waals surface area contributed by atoms with Crippen LogP contribution in [0.15, 0.2) is 0 Å². The molecule has 1 amide bonds. The fourth-order valence-electron chi connectivity index (χ4n) is 1.27. The van der Waals surface area contributed by atoms with Crippen LogP contribution in [0.1, 0.15) is 27.2 Å². The Morgan fingerprint density at radius 1 is 1.36 bits per heavy atom. The molecule has 0 radical (unpaired) electrons. The number of carbonyl (C=O) groups is 2. The molecule has 1 unspecified atom stereocenters. The molecule has 3 nitrogen and oxygen atoms in total. The van der Waals surface area contributed by atoms with Gasteiger partial charge in [-0.1, -0.05) is 13.8 Å². The molecule has 0 aliphatic rings. The number of rotatable bonds is 6. The van der Waals surface area contributed by atoms with Gasteiger partial charge in [0.25, 0.3) is 0 Å². The summed E-state index contributed by atoms with van der Waals surface area (Å²) in [6, 6.07) is 0. The van der Waals surface area contributed by atoms with Crippen LogP contribution in [0.2, 0.25) is 0 Å². The van der Waals surface area contributed by atoms with E-state index in [0.29, 0.717) is 12.5 Å². The Hall–Kier alpha value is -0.570. The molecule has 1 atom stereocenters. The monoisotopic (exact) mass is 219 g/mol. The van der Waals surface area contributed by atoms with Gasteiger partial charge < -0.3 is 5.32 Å². The van der Waals surface area contributed by atoms with Gasteiger partial charge in [-0.3, -0.25) is 9.59 Å². The number of hydrogen-bond donors (Lipinski definition) is 1. The standard InChI is InChI=1S/C10H18ClNO2/c1-7(2)4-9(10(14)5-11)6-12-8(3)13/h7,9H,4-6H2,1-3H3,(H,12,13). The Morgan fingerprint density at radius 2 is 1.93 bits per heavy atom. The second-order valence-corrected chi connectivity index (χ2v) is 4.13. The number of nitrogens with one attached hydrogen (secondary N) is 1. The van der Waals surface area contributed by atoms with Crippen molar-refractivity contribution < 1.29 is 9.59 Å². The number of halogens is 1. The van der Waals surface area contributed by atoms with Gasteiger partial charge in [0.15, 0.2) is 5.78 Å². The summed E-state index contributed by atoms with van der Waals surface area (Å²) < 4.78 is 0. The lowest BCUT2D eigenvalue weighted by molar-refractivity contribution is -0.122. The summed E-state index contributed by atoms with van der Waals surface area (Å²) in [6.45, 7) is 5.93. The van der Waals surface area contributed by atoms with Crippen LogP contribution in [0, 0.1) is 11.8 Å². The zero-order valence-electron chi connectivity index (χ0n) is 8.97. The van der Waals surface area contributed by atoms with E-state index >= 15 is 0 Å². The smallest absolute Gasteiger partial charge is 0.216 e. The lowest BCUT2D eigenvalue weighted by Gasteiger charge is -2.16. The Bertz CT molecular complexity index is 204. The number of ketones is 1. The van der Waals surface area contributed by atoms with Crippen LogP contribution in [-0.2, 0) is 9.59 Å². The van der Waals surface area contributed by atoms with Crippen LogP contribution in [0.5, 0.6) is 0 Å². The third kappa shape index (κ3) is 5.97. The average molecular weight is 220 g/mol. The maximum absolute atomic E-state index is 11.4. The van der Waals surface area contributed by atoms with Crippen LogP contribution >= 0.6 is 11.6 Å². The number of amides is 1. The van der Waals surface area contributed by atoms with Crippen LogP contribution in [-0.4, -0.2) is 24.1 Å². The van der Waals surface area contributed by atoms with Crippen molar-refractivity contribution in [3.8, 4) is 0 Å². The molecular formula is C10H18ClNO2. The molecule has 0 heterocycles. The molecule has 0 bridgehead atoms. The van der Waals surface area contributed by atoms with Crippen LogP contribution in [0.3, 0.4) is 0 Å². The normalized spacial score (nSPS) is 12.6. The van der Waals surface area contributed by atoms with Crippen molar-refractivity contribution in [3.63, 3.8) is 0 Å². The molecule has 0 aromatic rings. The van der Waals surface area contributed by atoms with E-state index in [1.807, 2.05) is 13.8 Å². The third-order valence-electron chi connectivity index (χ3n) is 1.94. The van der Waals surface area contributed by atoms with E-state index in [1.54, 1.807) is 0 Å². The number of alkyl halides is 1. The summed E-state index contributed by atoms with van der Waals surface area (Å²) in [7, 11) is 0. The molecule has 0 aromatic carbocycles. The minimum absolute atomic E-state index is 0.00844. The van der Waals surface area contributed by atoms with Gasteiger partial charge in [-0.15, -0.1) is 11.6 Å². The highest BCUT2D eigenvalue weighted by Gasteiger charge is 2.18. The summed E-state index contributed by atoms with van der Waals surface area (Å²) >= 11 is 5.48. The summed E-state index contributed by atoms with van der Waals surface area (Å²) in [5.41, 5.74) is 0. The van der Waals surface area contributed by atoms with E-state index in [0.717, 1.165) is 6.42 Å². The van der Waals surface area contributed by atoms with Crippen molar-refractivity contribution in [2.75, 3.05) is 12.4 Å². The third-order valence-corrected chi connectivity index (χ3v) is 2.20. The van der Waals surface area contributed by atoms with Crippen LogP contribution < -0.4 is 5.32 Å². The first-order chi connectivity index (χ1) is 6.47. The van der Waals surface area contributed by atoms with Crippen molar-refractivity contribution in [1.29, 1.82) is 0 Å². The minimum Gasteiger partial charge on any atom is -0.356 e. The molecule has 14 heavy (non-hydrogen) atoms. The first-order valence-corrected chi connectivity index (χ1v) is 5.34. The van der Waals surface area contributed by atoms with Crippen molar-refractivity contribution in [1.82, 2.24) is 5.32 Å². The van der Waals surface area contributed by atoms with E-state index in [1.165, 1.54) is 6.92 Å². The molecule has 82 valence electrons. The second-order valence-electron chi connectivity index (χ2n) is 3.86.